The zero-order chi connectivity index (χ0) is 11.9. The van der Waals surface area contributed by atoms with E-state index in [1.807, 2.05) is 23.8 Å². The van der Waals surface area contributed by atoms with Crippen molar-refractivity contribution < 1.29 is 10.2 Å². The molecule has 0 bridgehead atoms. The number of benzene rings is 1. The van der Waals surface area contributed by atoms with Crippen molar-refractivity contribution in [2.75, 3.05) is 0 Å². The van der Waals surface area contributed by atoms with Crippen molar-refractivity contribution in [3.05, 3.63) is 30.0 Å². The first-order chi connectivity index (χ1) is 7.45. The number of fused-ring (bicyclic) bond motifs is 1. The van der Waals surface area contributed by atoms with Crippen molar-refractivity contribution in [2.24, 2.45) is 0 Å². The maximum Gasteiger partial charge on any atom is 0.139 e. The van der Waals surface area contributed by atoms with Gasteiger partial charge in [0.05, 0.1) is 11.1 Å². The Labute approximate surface area is 94.9 Å². The smallest absolute Gasteiger partial charge is 0.139 e. The van der Waals surface area contributed by atoms with Crippen molar-refractivity contribution in [2.45, 2.75) is 32.9 Å². The third-order valence-corrected chi connectivity index (χ3v) is 2.88. The van der Waals surface area contributed by atoms with Crippen LogP contribution in [0.5, 0.6) is 5.75 Å². The fourth-order valence-electron chi connectivity index (χ4n) is 2.08. The molecule has 1 heterocycles. The fraction of sp³-hybridized carbons (Fsp3) is 0.385. The van der Waals surface area contributed by atoms with Gasteiger partial charge >= 0.3 is 0 Å². The number of aryl methyl sites for hydroxylation is 1. The summed E-state index contributed by atoms with van der Waals surface area (Å²) in [5.41, 5.74) is 0.745. The van der Waals surface area contributed by atoms with Crippen LogP contribution in [0.25, 0.3) is 10.9 Å². The van der Waals surface area contributed by atoms with Crippen LogP contribution in [-0.2, 0) is 12.1 Å². The average Bonchev–Trinajstić information content (AvgIpc) is 2.57. The molecule has 86 valence electrons. The van der Waals surface area contributed by atoms with Crippen LogP contribution < -0.4 is 0 Å². The lowest BCUT2D eigenvalue weighted by molar-refractivity contribution is 0.0800. The van der Waals surface area contributed by atoms with E-state index in [9.17, 15) is 10.2 Å². The first-order valence-corrected chi connectivity index (χ1v) is 5.49. The van der Waals surface area contributed by atoms with E-state index in [1.54, 1.807) is 26.0 Å². The zero-order valence-electron chi connectivity index (χ0n) is 9.86. The Hall–Kier alpha value is -1.48. The molecule has 0 atom stereocenters. The number of aliphatic hydroxyl groups is 1. The quantitative estimate of drug-likeness (QED) is 0.815. The van der Waals surface area contributed by atoms with E-state index in [0.717, 1.165) is 23.0 Å². The van der Waals surface area contributed by atoms with E-state index < -0.39 is 5.60 Å². The zero-order valence-corrected chi connectivity index (χ0v) is 9.86. The molecular weight excluding hydrogens is 202 g/mol. The highest BCUT2D eigenvalue weighted by Gasteiger charge is 2.22. The van der Waals surface area contributed by atoms with E-state index in [1.165, 1.54) is 0 Å². The minimum Gasteiger partial charge on any atom is -0.506 e. The second kappa shape index (κ2) is 3.52. The van der Waals surface area contributed by atoms with E-state index in [4.69, 9.17) is 0 Å². The van der Waals surface area contributed by atoms with Gasteiger partial charge in [0.15, 0.2) is 0 Å². The number of phenolic OH excluding ortho intramolecular Hbond substituents is 1. The highest BCUT2D eigenvalue weighted by Crippen LogP contribution is 2.34. The molecule has 0 aliphatic heterocycles. The summed E-state index contributed by atoms with van der Waals surface area (Å²) in [6.45, 7) is 6.29. The lowest BCUT2D eigenvalue weighted by Crippen LogP contribution is -2.14. The van der Waals surface area contributed by atoms with Crippen molar-refractivity contribution in [1.29, 1.82) is 0 Å². The molecule has 0 saturated carbocycles. The van der Waals surface area contributed by atoms with E-state index >= 15 is 0 Å². The van der Waals surface area contributed by atoms with Crippen molar-refractivity contribution in [1.82, 2.24) is 4.57 Å². The predicted octanol–water partition coefficient (Wildman–Crippen LogP) is 2.59. The molecule has 2 rings (SSSR count). The van der Waals surface area contributed by atoms with Crippen LogP contribution in [0.3, 0.4) is 0 Å². The fourth-order valence-corrected chi connectivity index (χ4v) is 2.08. The van der Waals surface area contributed by atoms with Gasteiger partial charge in [0.1, 0.15) is 5.75 Å². The van der Waals surface area contributed by atoms with Gasteiger partial charge in [-0.25, -0.2) is 0 Å². The number of aromatic nitrogens is 1. The van der Waals surface area contributed by atoms with Gasteiger partial charge in [-0.15, -0.1) is 0 Å². The van der Waals surface area contributed by atoms with Crippen LogP contribution in [0.2, 0.25) is 0 Å². The van der Waals surface area contributed by atoms with E-state index in [2.05, 4.69) is 0 Å². The Morgan fingerprint density at radius 1 is 1.31 bits per heavy atom. The Morgan fingerprint density at radius 3 is 2.56 bits per heavy atom. The first-order valence-electron chi connectivity index (χ1n) is 5.49. The van der Waals surface area contributed by atoms with Crippen LogP contribution in [-0.4, -0.2) is 14.8 Å². The Balaban J connectivity index is 2.84. The van der Waals surface area contributed by atoms with Gasteiger partial charge < -0.3 is 14.8 Å². The number of nitrogens with zero attached hydrogens (tertiary/aromatic N) is 1. The minimum absolute atomic E-state index is 0.259. The second-order valence-corrected chi connectivity index (χ2v) is 4.56. The summed E-state index contributed by atoms with van der Waals surface area (Å²) in [5, 5.41) is 20.9. The van der Waals surface area contributed by atoms with Gasteiger partial charge in [-0.1, -0.05) is 12.1 Å². The maximum absolute atomic E-state index is 10.1. The molecule has 0 unspecified atom stereocenters. The van der Waals surface area contributed by atoms with E-state index in [-0.39, 0.29) is 5.75 Å². The van der Waals surface area contributed by atoms with Gasteiger partial charge in [-0.05, 0) is 26.8 Å². The molecule has 3 nitrogen and oxygen atoms in total. The van der Waals surface area contributed by atoms with Crippen molar-refractivity contribution in [3.63, 3.8) is 0 Å². The molecule has 1 aromatic carbocycles. The molecule has 0 spiro atoms. The monoisotopic (exact) mass is 219 g/mol. The molecule has 0 fully saturated rings. The largest absolute Gasteiger partial charge is 0.506 e. The Kier molecular flexibility index (Phi) is 2.43. The standard InChI is InChI=1S/C13H17NO2/c1-4-14-8-10(13(2,3)16)9-6-5-7-11(15)12(9)14/h5-8,15-16H,4H2,1-3H3. The minimum atomic E-state index is -0.896. The summed E-state index contributed by atoms with van der Waals surface area (Å²) >= 11 is 0. The molecule has 0 radical (unpaired) electrons. The maximum atomic E-state index is 10.1. The SMILES string of the molecule is CCn1cc(C(C)(C)O)c2cccc(O)c21. The number of hydrogen-bond acceptors (Lipinski definition) is 2. The number of hydrogen-bond donors (Lipinski definition) is 2. The van der Waals surface area contributed by atoms with Gasteiger partial charge in [0, 0.05) is 23.7 Å². The highest BCUT2D eigenvalue weighted by molar-refractivity contribution is 5.89. The van der Waals surface area contributed by atoms with Gasteiger partial charge in [0.2, 0.25) is 0 Å². The normalized spacial score (nSPS) is 12.2. The van der Waals surface area contributed by atoms with Gasteiger partial charge in [-0.2, -0.15) is 0 Å². The molecule has 0 aliphatic rings. The molecule has 16 heavy (non-hydrogen) atoms. The summed E-state index contributed by atoms with van der Waals surface area (Å²) < 4.78 is 1.96. The van der Waals surface area contributed by atoms with Gasteiger partial charge in [-0.3, -0.25) is 0 Å². The molecule has 3 heteroatoms. The van der Waals surface area contributed by atoms with Crippen LogP contribution in [0, 0.1) is 0 Å². The highest BCUT2D eigenvalue weighted by atomic mass is 16.3. The van der Waals surface area contributed by atoms with E-state index in [0.29, 0.717) is 0 Å². The lowest BCUT2D eigenvalue weighted by atomic mass is 9.98. The predicted molar refractivity (Wildman–Crippen MR) is 64.5 cm³/mol. The summed E-state index contributed by atoms with van der Waals surface area (Å²) in [4.78, 5) is 0. The topological polar surface area (TPSA) is 45.4 Å². The molecule has 0 aliphatic carbocycles. The number of aromatic hydroxyl groups is 1. The van der Waals surface area contributed by atoms with Crippen LogP contribution in [0.4, 0.5) is 0 Å². The molecular formula is C13H17NO2. The third kappa shape index (κ3) is 1.57. The first kappa shape index (κ1) is 11.0. The Morgan fingerprint density at radius 2 is 2.00 bits per heavy atom. The number of rotatable bonds is 2. The third-order valence-electron chi connectivity index (χ3n) is 2.88. The molecule has 0 saturated heterocycles. The summed E-state index contributed by atoms with van der Waals surface area (Å²) in [5.74, 6) is 0.259. The van der Waals surface area contributed by atoms with Crippen LogP contribution in [0.15, 0.2) is 24.4 Å². The molecule has 1 aromatic heterocycles. The summed E-state index contributed by atoms with van der Waals surface area (Å²) in [6.07, 6.45) is 1.91. The second-order valence-electron chi connectivity index (χ2n) is 4.56. The number of phenols is 1. The molecule has 2 N–H and O–H groups in total. The van der Waals surface area contributed by atoms with Crippen LogP contribution >= 0.6 is 0 Å². The molecule has 2 aromatic rings. The van der Waals surface area contributed by atoms with Crippen LogP contribution in [0.1, 0.15) is 26.3 Å². The van der Waals surface area contributed by atoms with Gasteiger partial charge in [0.25, 0.3) is 0 Å². The molecule has 0 amide bonds. The summed E-state index contributed by atoms with van der Waals surface area (Å²) in [6, 6.07) is 5.39. The lowest BCUT2D eigenvalue weighted by Gasteiger charge is -2.16. The average molecular weight is 219 g/mol. The van der Waals surface area contributed by atoms with Crippen molar-refractivity contribution >= 4 is 10.9 Å². The summed E-state index contributed by atoms with van der Waals surface area (Å²) in [7, 11) is 0. The Bertz CT molecular complexity index is 520. The number of para-hydroxylation sites is 1. The van der Waals surface area contributed by atoms with Crippen molar-refractivity contribution in [3.8, 4) is 5.75 Å².